The quantitative estimate of drug-likeness (QED) is 0.816. The second-order valence-electron chi connectivity index (χ2n) is 5.03. The highest BCUT2D eigenvalue weighted by Gasteiger charge is 2.33. The van der Waals surface area contributed by atoms with Crippen molar-refractivity contribution in [2.45, 2.75) is 25.3 Å². The van der Waals surface area contributed by atoms with E-state index < -0.39 is 17.9 Å². The number of para-hydroxylation sites is 1. The number of benzene rings is 1. The predicted molar refractivity (Wildman–Crippen MR) is 80.1 cm³/mol. The lowest BCUT2D eigenvalue weighted by molar-refractivity contribution is -0.139. The van der Waals surface area contributed by atoms with Crippen LogP contribution in [0.3, 0.4) is 0 Å². The summed E-state index contributed by atoms with van der Waals surface area (Å²) in [5.41, 5.74) is 1.56. The first-order valence-electron chi connectivity index (χ1n) is 6.85. The molecule has 1 aliphatic heterocycles. The highest BCUT2D eigenvalue weighted by atomic mass is 16.4. The van der Waals surface area contributed by atoms with Gasteiger partial charge in [0.2, 0.25) is 5.91 Å². The summed E-state index contributed by atoms with van der Waals surface area (Å²) in [6, 6.07) is 6.94. The van der Waals surface area contributed by atoms with Crippen LogP contribution in [-0.4, -0.2) is 36.1 Å². The molecule has 21 heavy (non-hydrogen) atoms. The van der Waals surface area contributed by atoms with Crippen molar-refractivity contribution in [1.29, 1.82) is 0 Å². The van der Waals surface area contributed by atoms with Crippen LogP contribution < -0.4 is 10.2 Å². The lowest BCUT2D eigenvalue weighted by Crippen LogP contribution is -2.48. The summed E-state index contributed by atoms with van der Waals surface area (Å²) in [5, 5.41) is 12.0. The average molecular weight is 286 g/mol. The number of fused-ring (bicyclic) bond motifs is 1. The summed E-state index contributed by atoms with van der Waals surface area (Å²) in [6.45, 7) is 2.51. The monoisotopic (exact) mass is 286 g/mol. The minimum Gasteiger partial charge on any atom is -0.481 e. The molecule has 1 heterocycles. The van der Waals surface area contributed by atoms with E-state index >= 15 is 0 Å². The van der Waals surface area contributed by atoms with Gasteiger partial charge in [0.25, 0.3) is 0 Å². The third kappa shape index (κ3) is 3.00. The Labute approximate surface area is 124 Å². The SMILES string of the molecule is C#CCNC(=O)C(C)N1CCC(C(=O)O)c2ccccc21. The highest BCUT2D eigenvalue weighted by Crippen LogP contribution is 2.36. The number of nitrogens with one attached hydrogen (secondary N) is 1. The summed E-state index contributed by atoms with van der Waals surface area (Å²) >= 11 is 0. The largest absolute Gasteiger partial charge is 0.481 e. The Hall–Kier alpha value is -2.48. The predicted octanol–water partition coefficient (Wildman–Crippen LogP) is 1.20. The van der Waals surface area contributed by atoms with Gasteiger partial charge in [0, 0.05) is 12.2 Å². The van der Waals surface area contributed by atoms with E-state index in [9.17, 15) is 14.7 Å². The van der Waals surface area contributed by atoms with E-state index in [1.54, 1.807) is 6.92 Å². The summed E-state index contributed by atoms with van der Waals surface area (Å²) < 4.78 is 0. The molecule has 0 bridgehead atoms. The van der Waals surface area contributed by atoms with Crippen LogP contribution in [0.1, 0.15) is 24.8 Å². The topological polar surface area (TPSA) is 69.6 Å². The normalized spacial score (nSPS) is 18.3. The number of carboxylic acids is 1. The highest BCUT2D eigenvalue weighted by molar-refractivity contribution is 5.87. The van der Waals surface area contributed by atoms with Gasteiger partial charge in [-0.05, 0) is 25.0 Å². The molecule has 0 fully saturated rings. The van der Waals surface area contributed by atoms with Gasteiger partial charge in [-0.2, -0.15) is 0 Å². The maximum atomic E-state index is 12.1. The molecule has 1 aliphatic rings. The van der Waals surface area contributed by atoms with Crippen LogP contribution in [0.25, 0.3) is 0 Å². The molecule has 0 saturated heterocycles. The minimum absolute atomic E-state index is 0.156. The van der Waals surface area contributed by atoms with E-state index in [2.05, 4.69) is 11.2 Å². The zero-order valence-corrected chi connectivity index (χ0v) is 11.9. The van der Waals surface area contributed by atoms with Crippen molar-refractivity contribution in [3.05, 3.63) is 29.8 Å². The van der Waals surface area contributed by atoms with Gasteiger partial charge in [-0.1, -0.05) is 24.1 Å². The number of carbonyl (C=O) groups is 2. The number of anilines is 1. The number of carbonyl (C=O) groups excluding carboxylic acids is 1. The number of hydrogen-bond donors (Lipinski definition) is 2. The van der Waals surface area contributed by atoms with Crippen LogP contribution in [0.4, 0.5) is 5.69 Å². The lowest BCUT2D eigenvalue weighted by Gasteiger charge is -2.37. The molecule has 110 valence electrons. The molecule has 0 saturated carbocycles. The first-order valence-corrected chi connectivity index (χ1v) is 6.85. The Morgan fingerprint density at radius 3 is 2.90 bits per heavy atom. The Balaban J connectivity index is 2.27. The van der Waals surface area contributed by atoms with Crippen LogP contribution in [0.15, 0.2) is 24.3 Å². The van der Waals surface area contributed by atoms with Gasteiger partial charge in [0.15, 0.2) is 0 Å². The van der Waals surface area contributed by atoms with Gasteiger partial charge in [-0.15, -0.1) is 6.42 Å². The van der Waals surface area contributed by atoms with E-state index in [0.717, 1.165) is 11.3 Å². The number of rotatable bonds is 4. The summed E-state index contributed by atoms with van der Waals surface area (Å²) in [7, 11) is 0. The maximum absolute atomic E-state index is 12.1. The second-order valence-corrected chi connectivity index (χ2v) is 5.03. The van der Waals surface area contributed by atoms with E-state index in [-0.39, 0.29) is 12.5 Å². The van der Waals surface area contributed by atoms with Gasteiger partial charge in [-0.3, -0.25) is 9.59 Å². The molecule has 1 amide bonds. The number of nitrogens with zero attached hydrogens (tertiary/aromatic N) is 1. The van der Waals surface area contributed by atoms with Crippen molar-refractivity contribution in [1.82, 2.24) is 5.32 Å². The maximum Gasteiger partial charge on any atom is 0.311 e. The zero-order valence-electron chi connectivity index (χ0n) is 11.9. The van der Waals surface area contributed by atoms with Gasteiger partial charge < -0.3 is 15.3 Å². The van der Waals surface area contributed by atoms with Crippen molar-refractivity contribution in [3.8, 4) is 12.3 Å². The number of amides is 1. The molecule has 1 aromatic rings. The number of carboxylic acid groups (broad SMARTS) is 1. The zero-order chi connectivity index (χ0) is 15.4. The fourth-order valence-corrected chi connectivity index (χ4v) is 2.67. The summed E-state index contributed by atoms with van der Waals surface area (Å²) in [4.78, 5) is 25.3. The van der Waals surface area contributed by atoms with Crippen LogP contribution in [0.5, 0.6) is 0 Å². The van der Waals surface area contributed by atoms with Crippen molar-refractivity contribution in [2.24, 2.45) is 0 Å². The third-order valence-electron chi connectivity index (χ3n) is 3.79. The van der Waals surface area contributed by atoms with Crippen LogP contribution in [-0.2, 0) is 9.59 Å². The molecule has 0 aromatic heterocycles. The molecule has 0 aliphatic carbocycles. The van der Waals surface area contributed by atoms with E-state index in [1.807, 2.05) is 29.2 Å². The lowest BCUT2D eigenvalue weighted by atomic mass is 9.89. The fourth-order valence-electron chi connectivity index (χ4n) is 2.67. The van der Waals surface area contributed by atoms with Gasteiger partial charge in [-0.25, -0.2) is 0 Å². The number of aliphatic carboxylic acids is 1. The van der Waals surface area contributed by atoms with E-state index in [0.29, 0.717) is 13.0 Å². The van der Waals surface area contributed by atoms with Crippen LogP contribution >= 0.6 is 0 Å². The minimum atomic E-state index is -0.827. The average Bonchev–Trinajstić information content (AvgIpc) is 2.50. The molecule has 1 aromatic carbocycles. The second kappa shape index (κ2) is 6.31. The van der Waals surface area contributed by atoms with Crippen molar-refractivity contribution in [3.63, 3.8) is 0 Å². The van der Waals surface area contributed by atoms with Crippen LogP contribution in [0, 0.1) is 12.3 Å². The van der Waals surface area contributed by atoms with Crippen molar-refractivity contribution < 1.29 is 14.7 Å². The summed E-state index contributed by atoms with van der Waals surface area (Å²) in [5.74, 6) is 0.871. The molecule has 5 heteroatoms. The number of terminal acetylenes is 1. The smallest absolute Gasteiger partial charge is 0.311 e. The molecule has 2 atom stereocenters. The van der Waals surface area contributed by atoms with Crippen LogP contribution in [0.2, 0.25) is 0 Å². The molecule has 0 radical (unpaired) electrons. The Kier molecular flexibility index (Phi) is 4.49. The first-order chi connectivity index (χ1) is 10.1. The Bertz CT molecular complexity index is 591. The molecule has 2 rings (SSSR count). The van der Waals surface area contributed by atoms with Crippen molar-refractivity contribution >= 4 is 17.6 Å². The molecule has 5 nitrogen and oxygen atoms in total. The van der Waals surface area contributed by atoms with Gasteiger partial charge in [0.1, 0.15) is 6.04 Å². The number of hydrogen-bond acceptors (Lipinski definition) is 3. The Morgan fingerprint density at radius 1 is 1.52 bits per heavy atom. The van der Waals surface area contributed by atoms with Crippen molar-refractivity contribution in [2.75, 3.05) is 18.0 Å². The molecule has 0 spiro atoms. The molecular formula is C16H18N2O3. The summed E-state index contributed by atoms with van der Waals surface area (Å²) in [6.07, 6.45) is 5.63. The third-order valence-corrected chi connectivity index (χ3v) is 3.79. The van der Waals surface area contributed by atoms with E-state index in [4.69, 9.17) is 6.42 Å². The Morgan fingerprint density at radius 2 is 2.24 bits per heavy atom. The van der Waals surface area contributed by atoms with E-state index in [1.165, 1.54) is 0 Å². The fraction of sp³-hybridized carbons (Fsp3) is 0.375. The first kappa shape index (κ1) is 14.9. The molecule has 2 N–H and O–H groups in total. The standard InChI is InChI=1S/C16H18N2O3/c1-3-9-17-15(19)11(2)18-10-8-13(16(20)21)12-6-4-5-7-14(12)18/h1,4-7,11,13H,8-10H2,2H3,(H,17,19)(H,20,21). The molecular weight excluding hydrogens is 268 g/mol. The molecule has 2 unspecified atom stereocenters. The van der Waals surface area contributed by atoms with Gasteiger partial charge in [0.05, 0.1) is 12.5 Å². The van der Waals surface area contributed by atoms with Gasteiger partial charge >= 0.3 is 5.97 Å².